The number of carbonyl (C=O) groups excluding carboxylic acids is 1. The second kappa shape index (κ2) is 8.01. The molecule has 8 nitrogen and oxygen atoms in total. The van der Waals surface area contributed by atoms with Crippen molar-refractivity contribution >= 4 is 5.91 Å². The van der Waals surface area contributed by atoms with Gasteiger partial charge < -0.3 is 19.5 Å². The highest BCUT2D eigenvalue weighted by molar-refractivity contribution is 5.92. The molecule has 1 aliphatic rings. The Morgan fingerprint density at radius 3 is 2.81 bits per heavy atom. The Bertz CT molecular complexity index is 849. The largest absolute Gasteiger partial charge is 0.486 e. The monoisotopic (exact) mass is 359 g/mol. The summed E-state index contributed by atoms with van der Waals surface area (Å²) in [5.74, 6) is 1.00. The summed E-state index contributed by atoms with van der Waals surface area (Å²) < 4.78 is 17.2. The fourth-order valence-corrected chi connectivity index (χ4v) is 2.59. The summed E-state index contributed by atoms with van der Waals surface area (Å²) in [6.07, 6.45) is 0. The van der Waals surface area contributed by atoms with Crippen LogP contribution in [0.25, 0.3) is 0 Å². The van der Waals surface area contributed by atoms with Crippen LogP contribution in [-0.2, 0) is 11.3 Å². The standard InChI is InChI=1S/C18H21N3O5/c1-12(13-3-5-15-16(11-13)26-10-9-25-15)19-18(23)14-4-6-17(22)21(20-14)7-8-24-2/h3-6,11-12H,7-10H2,1-2H3,(H,19,23). The first-order valence-corrected chi connectivity index (χ1v) is 8.36. The van der Waals surface area contributed by atoms with Crippen LogP contribution in [-0.4, -0.2) is 42.6 Å². The molecule has 0 saturated carbocycles. The Morgan fingerprint density at radius 2 is 2.04 bits per heavy atom. The zero-order valence-electron chi connectivity index (χ0n) is 14.7. The lowest BCUT2D eigenvalue weighted by atomic mass is 10.1. The van der Waals surface area contributed by atoms with Gasteiger partial charge in [0.1, 0.15) is 18.9 Å². The third-order valence-corrected chi connectivity index (χ3v) is 4.02. The number of ether oxygens (including phenoxy) is 3. The third kappa shape index (κ3) is 4.02. The van der Waals surface area contributed by atoms with Gasteiger partial charge in [-0.25, -0.2) is 4.68 Å². The van der Waals surface area contributed by atoms with Gasteiger partial charge in [-0.15, -0.1) is 0 Å². The number of fused-ring (bicyclic) bond motifs is 1. The molecule has 1 aliphatic heterocycles. The van der Waals surface area contributed by atoms with E-state index in [4.69, 9.17) is 14.2 Å². The number of methoxy groups -OCH3 is 1. The number of aromatic nitrogens is 2. The molecule has 3 rings (SSSR count). The van der Waals surface area contributed by atoms with E-state index in [2.05, 4.69) is 10.4 Å². The van der Waals surface area contributed by atoms with Gasteiger partial charge in [0.15, 0.2) is 11.5 Å². The SMILES string of the molecule is COCCn1nc(C(=O)NC(C)c2ccc3c(c2)OCCO3)ccc1=O. The summed E-state index contributed by atoms with van der Waals surface area (Å²) in [6, 6.07) is 8.04. The molecule has 1 N–H and O–H groups in total. The predicted molar refractivity (Wildman–Crippen MR) is 93.7 cm³/mol. The lowest BCUT2D eigenvalue weighted by Gasteiger charge is -2.21. The summed E-state index contributed by atoms with van der Waals surface area (Å²) in [4.78, 5) is 24.2. The Labute approximate surface area is 150 Å². The Morgan fingerprint density at radius 1 is 1.27 bits per heavy atom. The van der Waals surface area contributed by atoms with E-state index in [1.807, 2.05) is 25.1 Å². The van der Waals surface area contributed by atoms with Crippen LogP contribution in [0.4, 0.5) is 0 Å². The van der Waals surface area contributed by atoms with E-state index in [9.17, 15) is 9.59 Å². The molecule has 138 valence electrons. The number of carbonyl (C=O) groups is 1. The fourth-order valence-electron chi connectivity index (χ4n) is 2.59. The molecule has 2 heterocycles. The molecule has 2 aromatic rings. The molecule has 0 radical (unpaired) electrons. The van der Waals surface area contributed by atoms with Crippen LogP contribution in [0.3, 0.4) is 0 Å². The smallest absolute Gasteiger partial charge is 0.272 e. The van der Waals surface area contributed by atoms with Crippen molar-refractivity contribution in [2.45, 2.75) is 19.5 Å². The molecule has 0 fully saturated rings. The molecule has 1 aromatic carbocycles. The van der Waals surface area contributed by atoms with Crippen molar-refractivity contribution in [2.24, 2.45) is 0 Å². The lowest BCUT2D eigenvalue weighted by molar-refractivity contribution is 0.0931. The first-order chi connectivity index (χ1) is 12.6. The highest BCUT2D eigenvalue weighted by Crippen LogP contribution is 2.32. The summed E-state index contributed by atoms with van der Waals surface area (Å²) in [5, 5.41) is 6.97. The van der Waals surface area contributed by atoms with Crippen molar-refractivity contribution < 1.29 is 19.0 Å². The highest BCUT2D eigenvalue weighted by Gasteiger charge is 2.17. The van der Waals surface area contributed by atoms with Crippen LogP contribution < -0.4 is 20.3 Å². The fraction of sp³-hybridized carbons (Fsp3) is 0.389. The van der Waals surface area contributed by atoms with Crippen LogP contribution in [0.15, 0.2) is 35.1 Å². The van der Waals surface area contributed by atoms with Gasteiger partial charge in [0.2, 0.25) is 0 Å². The topological polar surface area (TPSA) is 91.7 Å². The molecule has 8 heteroatoms. The maximum absolute atomic E-state index is 12.5. The van der Waals surface area contributed by atoms with Crippen molar-refractivity contribution in [3.63, 3.8) is 0 Å². The van der Waals surface area contributed by atoms with Crippen molar-refractivity contribution in [3.05, 3.63) is 51.9 Å². The minimum atomic E-state index is -0.362. The number of benzene rings is 1. The molecule has 0 saturated heterocycles. The van der Waals surface area contributed by atoms with Gasteiger partial charge in [0.05, 0.1) is 19.2 Å². The van der Waals surface area contributed by atoms with Crippen LogP contribution >= 0.6 is 0 Å². The maximum Gasteiger partial charge on any atom is 0.272 e. The summed E-state index contributed by atoms with van der Waals surface area (Å²) in [6.45, 7) is 3.53. The normalized spacial score (nSPS) is 13.9. The van der Waals surface area contributed by atoms with Crippen molar-refractivity contribution in [1.82, 2.24) is 15.1 Å². The molecule has 0 spiro atoms. The van der Waals surface area contributed by atoms with Gasteiger partial charge in [0, 0.05) is 13.2 Å². The minimum Gasteiger partial charge on any atom is -0.486 e. The summed E-state index contributed by atoms with van der Waals surface area (Å²) >= 11 is 0. The Kier molecular flexibility index (Phi) is 5.52. The lowest BCUT2D eigenvalue weighted by Crippen LogP contribution is -2.31. The minimum absolute atomic E-state index is 0.171. The van der Waals surface area contributed by atoms with Crippen molar-refractivity contribution in [3.8, 4) is 11.5 Å². The van der Waals surface area contributed by atoms with E-state index in [-0.39, 0.29) is 29.7 Å². The molecule has 0 bridgehead atoms. The number of nitrogens with zero attached hydrogens (tertiary/aromatic N) is 2. The average molecular weight is 359 g/mol. The highest BCUT2D eigenvalue weighted by atomic mass is 16.6. The van der Waals surface area contributed by atoms with Gasteiger partial charge in [-0.05, 0) is 30.7 Å². The quantitative estimate of drug-likeness (QED) is 0.832. The summed E-state index contributed by atoms with van der Waals surface area (Å²) in [7, 11) is 1.54. The zero-order chi connectivity index (χ0) is 18.5. The number of hydrogen-bond donors (Lipinski definition) is 1. The van der Waals surface area contributed by atoms with E-state index < -0.39 is 0 Å². The molecule has 1 unspecified atom stereocenters. The molecular weight excluding hydrogens is 338 g/mol. The summed E-state index contributed by atoms with van der Waals surface area (Å²) in [5.41, 5.74) is 0.777. The van der Waals surface area contributed by atoms with Crippen LogP contribution in [0.5, 0.6) is 11.5 Å². The third-order valence-electron chi connectivity index (χ3n) is 4.02. The second-order valence-corrected chi connectivity index (χ2v) is 5.87. The zero-order valence-corrected chi connectivity index (χ0v) is 14.7. The molecular formula is C18H21N3O5. The van der Waals surface area contributed by atoms with Crippen LogP contribution in [0.1, 0.15) is 29.0 Å². The number of amides is 1. The molecule has 1 aromatic heterocycles. The molecule has 0 aliphatic carbocycles. The molecule has 26 heavy (non-hydrogen) atoms. The first-order valence-electron chi connectivity index (χ1n) is 8.36. The number of nitrogens with one attached hydrogen (secondary N) is 1. The van der Waals surface area contributed by atoms with Gasteiger partial charge in [-0.1, -0.05) is 6.07 Å². The van der Waals surface area contributed by atoms with Gasteiger partial charge in [0.25, 0.3) is 11.5 Å². The maximum atomic E-state index is 12.5. The van der Waals surface area contributed by atoms with Crippen molar-refractivity contribution in [1.29, 1.82) is 0 Å². The number of rotatable bonds is 6. The Hall–Kier alpha value is -2.87. The molecule has 1 atom stereocenters. The van der Waals surface area contributed by atoms with E-state index in [0.717, 1.165) is 5.56 Å². The Balaban J connectivity index is 1.72. The van der Waals surface area contributed by atoms with Gasteiger partial charge >= 0.3 is 0 Å². The van der Waals surface area contributed by atoms with Crippen LogP contribution in [0, 0.1) is 0 Å². The average Bonchev–Trinajstić information content (AvgIpc) is 2.66. The molecule has 1 amide bonds. The predicted octanol–water partition coefficient (Wildman–Crippen LogP) is 1.15. The van der Waals surface area contributed by atoms with E-state index in [1.165, 1.54) is 23.9 Å². The number of hydrogen-bond acceptors (Lipinski definition) is 6. The first kappa shape index (κ1) is 17.9. The van der Waals surface area contributed by atoms with Gasteiger partial charge in [-0.2, -0.15) is 5.10 Å². The van der Waals surface area contributed by atoms with E-state index in [0.29, 0.717) is 31.3 Å². The van der Waals surface area contributed by atoms with E-state index in [1.54, 1.807) is 0 Å². The van der Waals surface area contributed by atoms with Gasteiger partial charge in [-0.3, -0.25) is 9.59 Å². The van der Waals surface area contributed by atoms with Crippen LogP contribution in [0.2, 0.25) is 0 Å². The van der Waals surface area contributed by atoms with E-state index >= 15 is 0 Å². The van der Waals surface area contributed by atoms with Crippen molar-refractivity contribution in [2.75, 3.05) is 26.9 Å². The second-order valence-electron chi connectivity index (χ2n) is 5.87.